The lowest BCUT2D eigenvalue weighted by Crippen LogP contribution is -2.11. The lowest BCUT2D eigenvalue weighted by Gasteiger charge is -2.10. The number of hydrogen-bond acceptors (Lipinski definition) is 1. The molecule has 0 radical (unpaired) electrons. The monoisotopic (exact) mass is 251 g/mol. The van der Waals surface area contributed by atoms with Crippen LogP contribution in [0.4, 0.5) is 22.0 Å². The Kier molecular flexibility index (Phi) is 3.05. The minimum atomic E-state index is -4.68. The molecular formula is C11H10F5N. The van der Waals surface area contributed by atoms with Gasteiger partial charge in [0.2, 0.25) is 0 Å². The van der Waals surface area contributed by atoms with Crippen molar-refractivity contribution >= 4 is 0 Å². The van der Waals surface area contributed by atoms with Crippen molar-refractivity contribution in [2.45, 2.75) is 31.9 Å². The Balaban J connectivity index is 2.34. The first-order chi connectivity index (χ1) is 7.86. The maximum Gasteiger partial charge on any atom is 0.433 e. The Morgan fingerprint density at radius 2 is 1.88 bits per heavy atom. The molecule has 0 N–H and O–H groups in total. The molecule has 1 aliphatic carbocycles. The third kappa shape index (κ3) is 3.14. The summed E-state index contributed by atoms with van der Waals surface area (Å²) in [6.07, 6.45) is -5.33. The second-order valence-electron chi connectivity index (χ2n) is 4.23. The summed E-state index contributed by atoms with van der Waals surface area (Å²) in [5.41, 5.74) is -1.73. The number of alkyl halides is 5. The van der Waals surface area contributed by atoms with Crippen LogP contribution in [0.25, 0.3) is 0 Å². The van der Waals surface area contributed by atoms with E-state index in [9.17, 15) is 22.0 Å². The van der Waals surface area contributed by atoms with Gasteiger partial charge in [-0.05, 0) is 42.9 Å². The van der Waals surface area contributed by atoms with Gasteiger partial charge in [-0.1, -0.05) is 0 Å². The van der Waals surface area contributed by atoms with E-state index in [1.807, 2.05) is 0 Å². The van der Waals surface area contributed by atoms with E-state index in [0.29, 0.717) is 17.9 Å². The van der Waals surface area contributed by atoms with Crippen LogP contribution in [-0.4, -0.2) is 4.98 Å². The summed E-state index contributed by atoms with van der Waals surface area (Å²) in [5.74, 6) is 0.337. The maximum absolute atomic E-state index is 12.5. The third-order valence-electron chi connectivity index (χ3n) is 2.64. The van der Waals surface area contributed by atoms with Gasteiger partial charge < -0.3 is 0 Å². The van der Waals surface area contributed by atoms with Crippen molar-refractivity contribution in [3.63, 3.8) is 0 Å². The molecule has 2 rings (SSSR count). The standard InChI is InChI=1S/C11H10F5N/c12-10(13)8-4-7(3-6-1-2-6)5-9(17-8)11(14,15)16/h4-6,10H,1-3H2. The summed E-state index contributed by atoms with van der Waals surface area (Å²) in [4.78, 5) is 2.96. The second kappa shape index (κ2) is 4.23. The molecule has 0 spiro atoms. The number of halogens is 5. The quantitative estimate of drug-likeness (QED) is 0.740. The molecule has 94 valence electrons. The lowest BCUT2D eigenvalue weighted by molar-refractivity contribution is -0.141. The van der Waals surface area contributed by atoms with Gasteiger partial charge in [0.25, 0.3) is 6.43 Å². The van der Waals surface area contributed by atoms with Crippen LogP contribution in [0.15, 0.2) is 12.1 Å². The average Bonchev–Trinajstić information content (AvgIpc) is 2.99. The fourth-order valence-electron chi connectivity index (χ4n) is 1.64. The summed E-state index contributed by atoms with van der Waals surface area (Å²) in [7, 11) is 0. The van der Waals surface area contributed by atoms with Crippen molar-refractivity contribution in [3.8, 4) is 0 Å². The first kappa shape index (κ1) is 12.3. The van der Waals surface area contributed by atoms with E-state index in [2.05, 4.69) is 4.98 Å². The highest BCUT2D eigenvalue weighted by molar-refractivity contribution is 5.25. The zero-order valence-corrected chi connectivity index (χ0v) is 8.77. The molecule has 1 fully saturated rings. The first-order valence-corrected chi connectivity index (χ1v) is 5.22. The van der Waals surface area contributed by atoms with Gasteiger partial charge in [-0.15, -0.1) is 0 Å². The normalized spacial score (nSPS) is 16.6. The topological polar surface area (TPSA) is 12.9 Å². The van der Waals surface area contributed by atoms with Crippen molar-refractivity contribution in [1.29, 1.82) is 0 Å². The Morgan fingerprint density at radius 3 is 2.35 bits per heavy atom. The fourth-order valence-corrected chi connectivity index (χ4v) is 1.64. The van der Waals surface area contributed by atoms with Crippen LogP contribution in [0.2, 0.25) is 0 Å². The molecular weight excluding hydrogens is 241 g/mol. The predicted molar refractivity (Wildman–Crippen MR) is 50.6 cm³/mol. The fraction of sp³-hybridized carbons (Fsp3) is 0.545. The van der Waals surface area contributed by atoms with Crippen LogP contribution >= 0.6 is 0 Å². The summed E-state index contributed by atoms with van der Waals surface area (Å²) in [6, 6.07) is 1.93. The molecule has 0 unspecified atom stereocenters. The van der Waals surface area contributed by atoms with Crippen LogP contribution in [-0.2, 0) is 12.6 Å². The molecule has 1 aliphatic rings. The zero-order chi connectivity index (χ0) is 12.6. The molecule has 6 heteroatoms. The first-order valence-electron chi connectivity index (χ1n) is 5.22. The van der Waals surface area contributed by atoms with Crippen LogP contribution in [0.5, 0.6) is 0 Å². The van der Waals surface area contributed by atoms with Crippen molar-refractivity contribution in [2.75, 3.05) is 0 Å². The Hall–Kier alpha value is -1.20. The summed E-state index contributed by atoms with van der Waals surface area (Å²) in [5, 5.41) is 0. The van der Waals surface area contributed by atoms with E-state index >= 15 is 0 Å². The SMILES string of the molecule is FC(F)c1cc(CC2CC2)cc(C(F)(F)F)n1. The van der Waals surface area contributed by atoms with Crippen LogP contribution in [0.1, 0.15) is 36.2 Å². The van der Waals surface area contributed by atoms with Crippen molar-refractivity contribution in [2.24, 2.45) is 5.92 Å². The number of rotatable bonds is 3. The third-order valence-corrected chi connectivity index (χ3v) is 2.64. The maximum atomic E-state index is 12.5. The summed E-state index contributed by atoms with van der Waals surface area (Å²) < 4.78 is 62.2. The van der Waals surface area contributed by atoms with E-state index in [-0.39, 0.29) is 0 Å². The molecule has 1 heterocycles. The Morgan fingerprint density at radius 1 is 1.24 bits per heavy atom. The number of nitrogens with zero attached hydrogens (tertiary/aromatic N) is 1. The highest BCUT2D eigenvalue weighted by Gasteiger charge is 2.34. The molecule has 0 atom stereocenters. The Labute approximate surface area is 94.7 Å². The molecule has 1 aromatic heterocycles. The van der Waals surface area contributed by atoms with Gasteiger partial charge in [-0.3, -0.25) is 0 Å². The molecule has 1 aromatic rings. The predicted octanol–water partition coefficient (Wildman–Crippen LogP) is 3.99. The van der Waals surface area contributed by atoms with Crippen LogP contribution in [0, 0.1) is 5.92 Å². The van der Waals surface area contributed by atoms with Gasteiger partial charge in [0.15, 0.2) is 0 Å². The van der Waals surface area contributed by atoms with Crippen LogP contribution in [0.3, 0.4) is 0 Å². The number of aromatic nitrogens is 1. The molecule has 1 saturated carbocycles. The molecule has 0 aromatic carbocycles. The highest BCUT2D eigenvalue weighted by Crippen LogP contribution is 2.35. The smallest absolute Gasteiger partial charge is 0.242 e. The van der Waals surface area contributed by atoms with Gasteiger partial charge in [-0.2, -0.15) is 13.2 Å². The van der Waals surface area contributed by atoms with E-state index in [1.165, 1.54) is 0 Å². The van der Waals surface area contributed by atoms with Crippen molar-refractivity contribution < 1.29 is 22.0 Å². The number of pyridine rings is 1. The summed E-state index contributed by atoms with van der Waals surface area (Å²) in [6.45, 7) is 0. The van der Waals surface area contributed by atoms with E-state index < -0.39 is 24.0 Å². The minimum Gasteiger partial charge on any atom is -0.242 e. The largest absolute Gasteiger partial charge is 0.433 e. The highest BCUT2D eigenvalue weighted by atomic mass is 19.4. The van der Waals surface area contributed by atoms with Gasteiger partial charge in [-0.25, -0.2) is 13.8 Å². The van der Waals surface area contributed by atoms with Gasteiger partial charge >= 0.3 is 6.18 Å². The molecule has 0 amide bonds. The van der Waals surface area contributed by atoms with E-state index in [4.69, 9.17) is 0 Å². The van der Waals surface area contributed by atoms with Crippen molar-refractivity contribution in [1.82, 2.24) is 4.98 Å². The van der Waals surface area contributed by atoms with Gasteiger partial charge in [0.1, 0.15) is 11.4 Å². The average molecular weight is 251 g/mol. The minimum absolute atomic E-state index is 0.296. The van der Waals surface area contributed by atoms with Crippen LogP contribution < -0.4 is 0 Å². The summed E-state index contributed by atoms with van der Waals surface area (Å²) >= 11 is 0. The zero-order valence-electron chi connectivity index (χ0n) is 8.77. The molecule has 1 nitrogen and oxygen atoms in total. The molecule has 0 saturated heterocycles. The second-order valence-corrected chi connectivity index (χ2v) is 4.23. The number of hydrogen-bond donors (Lipinski definition) is 0. The Bertz CT molecular complexity index is 409. The van der Waals surface area contributed by atoms with Crippen molar-refractivity contribution in [3.05, 3.63) is 29.1 Å². The molecule has 0 aliphatic heterocycles. The lowest BCUT2D eigenvalue weighted by atomic mass is 10.1. The molecule has 17 heavy (non-hydrogen) atoms. The van der Waals surface area contributed by atoms with Gasteiger partial charge in [0, 0.05) is 0 Å². The molecule has 0 bridgehead atoms. The van der Waals surface area contributed by atoms with Gasteiger partial charge in [0.05, 0.1) is 0 Å². The van der Waals surface area contributed by atoms with E-state index in [1.54, 1.807) is 0 Å². The van der Waals surface area contributed by atoms with E-state index in [0.717, 1.165) is 25.0 Å².